The average molecular weight is 566 g/mol. The molecule has 0 aliphatic carbocycles. The number of carbonyl (C=O) groups is 2. The van der Waals surface area contributed by atoms with Gasteiger partial charge in [0, 0.05) is 38.0 Å². The molecule has 2 aliphatic heterocycles. The Morgan fingerprint density at radius 1 is 1.10 bits per heavy atom. The number of carboxylic acids is 1. The number of methoxy groups -OCH3 is 1. The van der Waals surface area contributed by atoms with Crippen LogP contribution in [-0.2, 0) is 22.4 Å². The van der Waals surface area contributed by atoms with Crippen molar-refractivity contribution in [1.82, 2.24) is 14.7 Å². The van der Waals surface area contributed by atoms with E-state index in [1.807, 2.05) is 55.4 Å². The van der Waals surface area contributed by atoms with Crippen LogP contribution < -0.4 is 9.47 Å². The number of hydrogen-bond acceptors (Lipinski definition) is 6. The fraction of sp³-hybridized carbons (Fsp3) is 0.576. The second kappa shape index (κ2) is 14.7. The van der Waals surface area contributed by atoms with Crippen molar-refractivity contribution in [3.63, 3.8) is 0 Å². The lowest BCUT2D eigenvalue weighted by atomic mass is 9.83. The van der Waals surface area contributed by atoms with Gasteiger partial charge in [-0.2, -0.15) is 0 Å². The van der Waals surface area contributed by atoms with Crippen molar-refractivity contribution in [3.8, 4) is 11.5 Å². The zero-order valence-corrected chi connectivity index (χ0v) is 25.2. The third kappa shape index (κ3) is 7.80. The molecule has 2 aromatic rings. The summed E-state index contributed by atoms with van der Waals surface area (Å²) in [6.45, 7) is 5.95. The number of para-hydroxylation sites is 1. The van der Waals surface area contributed by atoms with Gasteiger partial charge in [0.1, 0.15) is 11.5 Å². The number of benzene rings is 2. The van der Waals surface area contributed by atoms with E-state index in [1.54, 1.807) is 7.11 Å². The van der Waals surface area contributed by atoms with Crippen LogP contribution in [0.5, 0.6) is 11.5 Å². The molecule has 41 heavy (non-hydrogen) atoms. The molecule has 1 amide bonds. The fourth-order valence-corrected chi connectivity index (χ4v) is 6.40. The van der Waals surface area contributed by atoms with Crippen LogP contribution in [0.25, 0.3) is 0 Å². The highest BCUT2D eigenvalue weighted by molar-refractivity contribution is 5.79. The molecule has 0 aromatic heterocycles. The maximum Gasteiger partial charge on any atom is 0.308 e. The molecule has 2 aromatic carbocycles. The molecule has 8 nitrogen and oxygen atoms in total. The van der Waals surface area contributed by atoms with Gasteiger partial charge in [0.2, 0.25) is 5.91 Å². The normalized spacial score (nSPS) is 20.2. The van der Waals surface area contributed by atoms with E-state index in [0.29, 0.717) is 32.5 Å². The number of nitrogens with zero attached hydrogens (tertiary/aromatic N) is 3. The van der Waals surface area contributed by atoms with Crippen LogP contribution in [0.15, 0.2) is 42.5 Å². The quantitative estimate of drug-likeness (QED) is 0.345. The molecule has 2 aliphatic rings. The summed E-state index contributed by atoms with van der Waals surface area (Å²) >= 11 is 0. The van der Waals surface area contributed by atoms with E-state index in [4.69, 9.17) is 9.47 Å². The Morgan fingerprint density at radius 2 is 1.88 bits per heavy atom. The van der Waals surface area contributed by atoms with Crippen molar-refractivity contribution >= 4 is 11.9 Å². The lowest BCUT2D eigenvalue weighted by Gasteiger charge is -2.30. The molecular formula is C33H47N3O5. The van der Waals surface area contributed by atoms with E-state index < -0.39 is 11.9 Å². The molecular weight excluding hydrogens is 518 g/mol. The summed E-state index contributed by atoms with van der Waals surface area (Å²) in [5.41, 5.74) is 3.21. The van der Waals surface area contributed by atoms with E-state index >= 15 is 0 Å². The first-order valence-electron chi connectivity index (χ1n) is 15.1. The third-order valence-corrected chi connectivity index (χ3v) is 8.58. The SMILES string of the molecule is CCCCN(CCCN(C)C)C(=O)CN1C[C@H](c2ccc3c(c2)CCO3)C(C(=O)O)[C@@H]1CCc1ccccc1OC. The number of aliphatic carboxylic acids is 1. The van der Waals surface area contributed by atoms with Gasteiger partial charge in [-0.15, -0.1) is 0 Å². The minimum Gasteiger partial charge on any atom is -0.496 e. The highest BCUT2D eigenvalue weighted by Gasteiger charge is 2.47. The summed E-state index contributed by atoms with van der Waals surface area (Å²) in [6, 6.07) is 13.7. The van der Waals surface area contributed by atoms with Crippen molar-refractivity contribution in [3.05, 3.63) is 59.2 Å². The smallest absolute Gasteiger partial charge is 0.308 e. The summed E-state index contributed by atoms with van der Waals surface area (Å²) < 4.78 is 11.3. The van der Waals surface area contributed by atoms with Crippen LogP contribution in [0.4, 0.5) is 0 Å². The zero-order valence-electron chi connectivity index (χ0n) is 25.2. The number of rotatable bonds is 15. The summed E-state index contributed by atoms with van der Waals surface area (Å²) in [5.74, 6) is 0.166. The lowest BCUT2D eigenvalue weighted by molar-refractivity contribution is -0.143. The standard InChI is InChI=1S/C33H47N3O5/c1-5-6-18-35(19-9-17-34(2)3)31(37)23-36-22-27(25-13-15-30-26(21-25)16-20-41-30)32(33(38)39)28(36)14-12-24-10-7-8-11-29(24)40-4/h7-8,10-11,13,15,21,27-28,32H,5-6,9,12,14,16-20,22-23H2,1-4H3,(H,38,39)/t27-,28+,32?/m1/s1. The van der Waals surface area contributed by atoms with Crippen LogP contribution >= 0.6 is 0 Å². The fourth-order valence-electron chi connectivity index (χ4n) is 6.40. The first-order chi connectivity index (χ1) is 19.8. The van der Waals surface area contributed by atoms with E-state index in [2.05, 4.69) is 22.8 Å². The van der Waals surface area contributed by atoms with Gasteiger partial charge in [0.05, 0.1) is 26.2 Å². The second-order valence-corrected chi connectivity index (χ2v) is 11.7. The molecule has 0 saturated carbocycles. The molecule has 2 heterocycles. The molecule has 8 heteroatoms. The average Bonchev–Trinajstić information content (AvgIpc) is 3.57. The Kier molecular flexibility index (Phi) is 11.1. The molecule has 4 rings (SSSR count). The molecule has 1 N–H and O–H groups in total. The molecule has 1 saturated heterocycles. The Bertz CT molecular complexity index is 1170. The maximum atomic E-state index is 13.8. The van der Waals surface area contributed by atoms with Crippen LogP contribution in [0.1, 0.15) is 55.2 Å². The van der Waals surface area contributed by atoms with Gasteiger partial charge in [-0.3, -0.25) is 14.5 Å². The van der Waals surface area contributed by atoms with Crippen LogP contribution in [0.3, 0.4) is 0 Å². The van der Waals surface area contributed by atoms with Gasteiger partial charge < -0.3 is 24.4 Å². The Balaban J connectivity index is 1.59. The Morgan fingerprint density at radius 3 is 2.61 bits per heavy atom. The third-order valence-electron chi connectivity index (χ3n) is 8.58. The number of fused-ring (bicyclic) bond motifs is 1. The molecule has 0 radical (unpaired) electrons. The molecule has 1 unspecified atom stereocenters. The van der Waals surface area contributed by atoms with Crippen molar-refractivity contribution in [2.45, 2.75) is 57.4 Å². The minimum atomic E-state index is -0.805. The molecule has 224 valence electrons. The van der Waals surface area contributed by atoms with Crippen molar-refractivity contribution in [1.29, 1.82) is 0 Å². The monoisotopic (exact) mass is 565 g/mol. The summed E-state index contributed by atoms with van der Waals surface area (Å²) in [4.78, 5) is 32.9. The van der Waals surface area contributed by atoms with Crippen LogP contribution in [0.2, 0.25) is 0 Å². The number of carboxylic acid groups (broad SMARTS) is 1. The molecule has 0 spiro atoms. The van der Waals surface area contributed by atoms with Gasteiger partial charge in [-0.25, -0.2) is 0 Å². The first kappa shape index (κ1) is 30.8. The topological polar surface area (TPSA) is 82.5 Å². The Hall–Kier alpha value is -3.10. The van der Waals surface area contributed by atoms with E-state index in [-0.39, 0.29) is 24.4 Å². The van der Waals surface area contributed by atoms with Gasteiger partial charge in [-0.1, -0.05) is 43.7 Å². The van der Waals surface area contributed by atoms with Crippen molar-refractivity contribution < 1.29 is 24.2 Å². The van der Waals surface area contributed by atoms with E-state index in [0.717, 1.165) is 67.0 Å². The number of likely N-dealkylation sites (tertiary alicyclic amines) is 1. The zero-order chi connectivity index (χ0) is 29.4. The number of carbonyl (C=O) groups excluding carboxylic acids is 1. The largest absolute Gasteiger partial charge is 0.496 e. The highest BCUT2D eigenvalue weighted by Crippen LogP contribution is 2.41. The second-order valence-electron chi connectivity index (χ2n) is 11.7. The molecule has 0 bridgehead atoms. The number of amides is 1. The number of aryl methyl sites for hydroxylation is 1. The maximum absolute atomic E-state index is 13.8. The van der Waals surface area contributed by atoms with Crippen molar-refractivity contribution in [2.24, 2.45) is 5.92 Å². The van der Waals surface area contributed by atoms with Gasteiger partial charge in [0.15, 0.2) is 0 Å². The summed E-state index contributed by atoms with van der Waals surface area (Å²) in [5, 5.41) is 10.6. The van der Waals surface area contributed by atoms with Gasteiger partial charge in [0.25, 0.3) is 0 Å². The number of unbranched alkanes of at least 4 members (excludes halogenated alkanes) is 1. The Labute approximate surface area is 245 Å². The minimum absolute atomic E-state index is 0.0895. The van der Waals surface area contributed by atoms with Gasteiger partial charge >= 0.3 is 5.97 Å². The van der Waals surface area contributed by atoms with Crippen molar-refractivity contribution in [2.75, 3.05) is 60.5 Å². The number of ether oxygens (including phenoxy) is 2. The van der Waals surface area contributed by atoms with E-state index in [9.17, 15) is 14.7 Å². The summed E-state index contributed by atoms with van der Waals surface area (Å²) in [7, 11) is 5.76. The van der Waals surface area contributed by atoms with Gasteiger partial charge in [-0.05, 0) is 75.1 Å². The first-order valence-corrected chi connectivity index (χ1v) is 15.1. The predicted octanol–water partition coefficient (Wildman–Crippen LogP) is 4.31. The molecule has 1 fully saturated rings. The highest BCUT2D eigenvalue weighted by atomic mass is 16.5. The number of hydrogen-bond donors (Lipinski definition) is 1. The predicted molar refractivity (Wildman–Crippen MR) is 161 cm³/mol. The van der Waals surface area contributed by atoms with E-state index in [1.165, 1.54) is 0 Å². The molecule has 3 atom stereocenters. The summed E-state index contributed by atoms with van der Waals surface area (Å²) in [6.07, 6.45) is 5.04. The van der Waals surface area contributed by atoms with Crippen LogP contribution in [-0.4, -0.2) is 98.3 Å². The van der Waals surface area contributed by atoms with Crippen LogP contribution in [0, 0.1) is 5.92 Å². The lowest BCUT2D eigenvalue weighted by Crippen LogP contribution is -2.45.